The predicted molar refractivity (Wildman–Crippen MR) is 69.2 cm³/mol. The Morgan fingerprint density at radius 1 is 1.24 bits per heavy atom. The van der Waals surface area contributed by atoms with Crippen molar-refractivity contribution in [2.75, 3.05) is 7.05 Å². The predicted octanol–water partition coefficient (Wildman–Crippen LogP) is 3.01. The first-order chi connectivity index (χ1) is 8.15. The van der Waals surface area contributed by atoms with E-state index in [9.17, 15) is 14.9 Å². The number of nitro benzene ring substituents is 1. The fraction of sp³-hybridized carbons (Fsp3) is 0.417. The molecule has 1 rings (SSSR count). The number of benzene rings is 1. The first-order valence-electron chi connectivity index (χ1n) is 5.61. The normalized spacial score (nSPS) is 7.82. The summed E-state index contributed by atoms with van der Waals surface area (Å²) < 4.78 is 0. The van der Waals surface area contributed by atoms with E-state index in [4.69, 9.17) is 0 Å². The van der Waals surface area contributed by atoms with Crippen molar-refractivity contribution in [3.63, 3.8) is 0 Å². The number of non-ortho nitro benzene ring substituents is 1. The Kier molecular flexibility index (Phi) is 10.9. The van der Waals surface area contributed by atoms with Crippen molar-refractivity contribution >= 4 is 11.6 Å². The van der Waals surface area contributed by atoms with E-state index in [1.165, 1.54) is 31.3 Å². The largest absolute Gasteiger partial charge is 0.355 e. The Bertz CT molecular complexity index is 351. The summed E-state index contributed by atoms with van der Waals surface area (Å²) in [7, 11) is 1.47. The SMILES string of the molecule is CC.CC.CNC(=O)c1cccc([N+](=O)[O-])c1. The molecule has 17 heavy (non-hydrogen) atoms. The maximum Gasteiger partial charge on any atom is 0.270 e. The highest BCUT2D eigenvalue weighted by molar-refractivity contribution is 5.94. The van der Waals surface area contributed by atoms with Crippen molar-refractivity contribution in [1.29, 1.82) is 0 Å². The molecular formula is C12H20N2O3. The second-order valence-corrected chi connectivity index (χ2v) is 2.39. The quantitative estimate of drug-likeness (QED) is 0.638. The van der Waals surface area contributed by atoms with Crippen molar-refractivity contribution < 1.29 is 9.72 Å². The van der Waals surface area contributed by atoms with Gasteiger partial charge in [0.05, 0.1) is 4.92 Å². The number of carbonyl (C=O) groups is 1. The van der Waals surface area contributed by atoms with Crippen LogP contribution in [0.3, 0.4) is 0 Å². The smallest absolute Gasteiger partial charge is 0.270 e. The van der Waals surface area contributed by atoms with Crippen LogP contribution in [0.4, 0.5) is 5.69 Å². The third kappa shape index (κ3) is 6.29. The topological polar surface area (TPSA) is 72.2 Å². The van der Waals surface area contributed by atoms with Crippen LogP contribution in [-0.2, 0) is 0 Å². The summed E-state index contributed by atoms with van der Waals surface area (Å²) in [6, 6.07) is 5.57. The maximum atomic E-state index is 11.1. The number of hydrogen-bond donors (Lipinski definition) is 1. The molecule has 1 N–H and O–H groups in total. The average Bonchev–Trinajstić information content (AvgIpc) is 2.42. The Labute approximate surface area is 102 Å². The van der Waals surface area contributed by atoms with Gasteiger partial charge < -0.3 is 5.32 Å². The lowest BCUT2D eigenvalue weighted by Crippen LogP contribution is -2.17. The van der Waals surface area contributed by atoms with E-state index in [1.54, 1.807) is 0 Å². The van der Waals surface area contributed by atoms with Crippen LogP contribution >= 0.6 is 0 Å². The van der Waals surface area contributed by atoms with Crippen molar-refractivity contribution in [3.05, 3.63) is 39.9 Å². The third-order valence-electron chi connectivity index (χ3n) is 1.55. The molecule has 1 aromatic carbocycles. The van der Waals surface area contributed by atoms with Crippen molar-refractivity contribution in [1.82, 2.24) is 5.32 Å². The third-order valence-corrected chi connectivity index (χ3v) is 1.55. The van der Waals surface area contributed by atoms with E-state index in [2.05, 4.69) is 5.32 Å². The fourth-order valence-corrected chi connectivity index (χ4v) is 0.905. The summed E-state index contributed by atoms with van der Waals surface area (Å²) in [5.41, 5.74) is 0.206. The molecule has 0 aromatic heterocycles. The molecule has 5 heteroatoms. The first-order valence-corrected chi connectivity index (χ1v) is 5.61. The van der Waals surface area contributed by atoms with Crippen molar-refractivity contribution in [3.8, 4) is 0 Å². The molecule has 0 saturated carbocycles. The number of carbonyl (C=O) groups excluding carboxylic acids is 1. The van der Waals surface area contributed by atoms with Crippen molar-refractivity contribution in [2.45, 2.75) is 27.7 Å². The molecular weight excluding hydrogens is 220 g/mol. The molecule has 1 aromatic rings. The summed E-state index contributed by atoms with van der Waals surface area (Å²) in [6.45, 7) is 8.00. The van der Waals surface area contributed by atoms with Gasteiger partial charge in [-0.3, -0.25) is 14.9 Å². The molecule has 0 aliphatic carbocycles. The summed E-state index contributed by atoms with van der Waals surface area (Å²) in [5, 5.41) is 12.7. The number of amides is 1. The van der Waals surface area contributed by atoms with Crippen LogP contribution in [0, 0.1) is 10.1 Å². The Balaban J connectivity index is 0. The van der Waals surface area contributed by atoms with E-state index in [1.807, 2.05) is 27.7 Å². The van der Waals surface area contributed by atoms with Crippen LogP contribution in [0.2, 0.25) is 0 Å². The molecule has 0 bridgehead atoms. The monoisotopic (exact) mass is 240 g/mol. The molecule has 0 atom stereocenters. The number of nitrogens with one attached hydrogen (secondary N) is 1. The van der Waals surface area contributed by atoms with Gasteiger partial charge in [0.25, 0.3) is 11.6 Å². The fourth-order valence-electron chi connectivity index (χ4n) is 0.905. The zero-order chi connectivity index (χ0) is 13.8. The van der Waals surface area contributed by atoms with Crippen LogP contribution in [-0.4, -0.2) is 17.9 Å². The first kappa shape index (κ1) is 17.5. The maximum absolute atomic E-state index is 11.1. The lowest BCUT2D eigenvalue weighted by molar-refractivity contribution is -0.384. The minimum absolute atomic E-state index is 0.0823. The minimum Gasteiger partial charge on any atom is -0.355 e. The zero-order valence-electron chi connectivity index (χ0n) is 11.0. The standard InChI is InChI=1S/C8H8N2O3.2C2H6/c1-9-8(11)6-3-2-4-7(5-6)10(12)13;2*1-2/h2-5H,1H3,(H,9,11);2*1-2H3. The minimum atomic E-state index is -0.535. The van der Waals surface area contributed by atoms with Gasteiger partial charge in [-0.15, -0.1) is 0 Å². The number of nitro groups is 1. The van der Waals surface area contributed by atoms with E-state index < -0.39 is 4.92 Å². The van der Waals surface area contributed by atoms with Gasteiger partial charge in [0.2, 0.25) is 0 Å². The highest BCUT2D eigenvalue weighted by Gasteiger charge is 2.09. The van der Waals surface area contributed by atoms with Gasteiger partial charge in [0.1, 0.15) is 0 Å². The van der Waals surface area contributed by atoms with Gasteiger partial charge in [-0.05, 0) is 6.07 Å². The van der Waals surface area contributed by atoms with Gasteiger partial charge >= 0.3 is 0 Å². The van der Waals surface area contributed by atoms with Crippen LogP contribution in [0.15, 0.2) is 24.3 Å². The van der Waals surface area contributed by atoms with E-state index in [0.717, 1.165) is 0 Å². The van der Waals surface area contributed by atoms with Gasteiger partial charge in [0.15, 0.2) is 0 Å². The van der Waals surface area contributed by atoms with Crippen molar-refractivity contribution in [2.24, 2.45) is 0 Å². The molecule has 0 aliphatic heterocycles. The van der Waals surface area contributed by atoms with E-state index in [0.29, 0.717) is 0 Å². The number of rotatable bonds is 2. The molecule has 0 aliphatic rings. The second-order valence-electron chi connectivity index (χ2n) is 2.39. The lowest BCUT2D eigenvalue weighted by atomic mass is 10.2. The van der Waals surface area contributed by atoms with Gasteiger partial charge in [-0.2, -0.15) is 0 Å². The molecule has 5 nitrogen and oxygen atoms in total. The Hall–Kier alpha value is -1.91. The Morgan fingerprint density at radius 2 is 1.76 bits per heavy atom. The zero-order valence-corrected chi connectivity index (χ0v) is 11.0. The summed E-state index contributed by atoms with van der Waals surface area (Å²) >= 11 is 0. The Morgan fingerprint density at radius 3 is 2.18 bits per heavy atom. The molecule has 0 spiro atoms. The average molecular weight is 240 g/mol. The van der Waals surface area contributed by atoms with Crippen LogP contribution in [0.1, 0.15) is 38.1 Å². The number of nitrogens with zero attached hydrogens (tertiary/aromatic N) is 1. The lowest BCUT2D eigenvalue weighted by Gasteiger charge is -1.98. The summed E-state index contributed by atoms with van der Waals surface area (Å²) in [6.07, 6.45) is 0. The summed E-state index contributed by atoms with van der Waals surface area (Å²) in [4.78, 5) is 20.9. The van der Waals surface area contributed by atoms with Crippen LogP contribution in [0.25, 0.3) is 0 Å². The molecule has 0 radical (unpaired) electrons. The van der Waals surface area contributed by atoms with Gasteiger partial charge in [0, 0.05) is 24.7 Å². The second kappa shape index (κ2) is 10.6. The molecule has 0 unspecified atom stereocenters. The van der Waals surface area contributed by atoms with Crippen LogP contribution < -0.4 is 5.32 Å². The number of hydrogen-bond acceptors (Lipinski definition) is 3. The highest BCUT2D eigenvalue weighted by Crippen LogP contribution is 2.12. The molecule has 0 fully saturated rings. The van der Waals surface area contributed by atoms with Crippen LogP contribution in [0.5, 0.6) is 0 Å². The molecule has 1 amide bonds. The van der Waals surface area contributed by atoms with E-state index in [-0.39, 0.29) is 17.2 Å². The van der Waals surface area contributed by atoms with Gasteiger partial charge in [-0.1, -0.05) is 33.8 Å². The molecule has 0 heterocycles. The highest BCUT2D eigenvalue weighted by atomic mass is 16.6. The summed E-state index contributed by atoms with van der Waals surface area (Å²) in [5.74, 6) is -0.330. The van der Waals surface area contributed by atoms with Gasteiger partial charge in [-0.25, -0.2) is 0 Å². The molecule has 0 saturated heterocycles. The van der Waals surface area contributed by atoms with E-state index >= 15 is 0 Å². The molecule has 96 valence electrons.